The second-order valence-corrected chi connectivity index (χ2v) is 9.34. The normalized spacial score (nSPS) is 12.5. The van der Waals surface area contributed by atoms with Crippen LogP contribution in [0.1, 0.15) is 16.1 Å². The first-order chi connectivity index (χ1) is 14.1. The van der Waals surface area contributed by atoms with Crippen molar-refractivity contribution in [2.45, 2.75) is 16.9 Å². The molecule has 0 spiro atoms. The molecule has 0 aliphatic carbocycles. The molecule has 1 heterocycles. The van der Waals surface area contributed by atoms with E-state index in [1.165, 1.54) is 10.7 Å². The van der Waals surface area contributed by atoms with Crippen LogP contribution in [0.4, 0.5) is 5.69 Å². The molecule has 10 heteroatoms. The van der Waals surface area contributed by atoms with Gasteiger partial charge in [-0.3, -0.25) is 14.3 Å². The lowest BCUT2D eigenvalue weighted by molar-refractivity contribution is 0.0942. The summed E-state index contributed by atoms with van der Waals surface area (Å²) in [5.74, 6) is -0.515. The first kappa shape index (κ1) is 22.6. The number of nitrogens with zero attached hydrogens (tertiary/aromatic N) is 2. The third kappa shape index (κ3) is 4.78. The molecular formula is C20H18Cl4N4O2. The Morgan fingerprint density at radius 3 is 2.33 bits per heavy atom. The maximum atomic E-state index is 13.1. The number of nitrogens with one attached hydrogen (secondary N) is 2. The molecule has 0 unspecified atom stereocenters. The number of hydrogen-bond acceptors (Lipinski definition) is 3. The first-order valence-electron chi connectivity index (χ1n) is 8.83. The number of carbonyl (C=O) groups excluding carboxylic acids is 1. The Balaban J connectivity index is 1.95. The quantitative estimate of drug-likeness (QED) is 0.405. The van der Waals surface area contributed by atoms with Gasteiger partial charge in [-0.1, -0.05) is 70.7 Å². The Labute approximate surface area is 193 Å². The van der Waals surface area contributed by atoms with E-state index in [1.54, 1.807) is 49.0 Å². The molecule has 158 valence electrons. The van der Waals surface area contributed by atoms with Gasteiger partial charge in [0.2, 0.25) is 3.79 Å². The molecule has 0 saturated heterocycles. The average molecular weight is 488 g/mol. The fourth-order valence-corrected chi connectivity index (χ4v) is 3.44. The molecule has 1 aromatic heterocycles. The Morgan fingerprint density at radius 2 is 1.73 bits per heavy atom. The summed E-state index contributed by atoms with van der Waals surface area (Å²) in [6, 6.07) is 15.5. The molecular weight excluding hydrogens is 470 g/mol. The van der Waals surface area contributed by atoms with Crippen molar-refractivity contribution in [3.8, 4) is 5.69 Å². The Morgan fingerprint density at radius 1 is 1.07 bits per heavy atom. The van der Waals surface area contributed by atoms with E-state index in [1.807, 2.05) is 18.2 Å². The zero-order valence-corrected chi connectivity index (χ0v) is 19.0. The second kappa shape index (κ2) is 8.94. The van der Waals surface area contributed by atoms with Crippen LogP contribution in [0, 0.1) is 6.92 Å². The smallest absolute Gasteiger partial charge is 0.295 e. The van der Waals surface area contributed by atoms with Gasteiger partial charge in [0.15, 0.2) is 0 Å². The van der Waals surface area contributed by atoms with Crippen molar-refractivity contribution < 1.29 is 4.79 Å². The summed E-state index contributed by atoms with van der Waals surface area (Å²) in [4.78, 5) is 25.7. The molecule has 3 rings (SSSR count). The molecule has 0 aliphatic rings. The molecule has 0 saturated carbocycles. The number of rotatable bonds is 5. The van der Waals surface area contributed by atoms with E-state index in [4.69, 9.17) is 46.4 Å². The van der Waals surface area contributed by atoms with Crippen molar-refractivity contribution in [1.29, 1.82) is 0 Å². The van der Waals surface area contributed by atoms with Crippen LogP contribution in [0.25, 0.3) is 5.69 Å². The van der Waals surface area contributed by atoms with Gasteiger partial charge in [0.05, 0.1) is 11.4 Å². The van der Waals surface area contributed by atoms with Crippen LogP contribution in [0.15, 0.2) is 59.4 Å². The van der Waals surface area contributed by atoms with Crippen LogP contribution in [-0.4, -0.2) is 25.2 Å². The van der Waals surface area contributed by atoms with Gasteiger partial charge in [0, 0.05) is 17.6 Å². The van der Waals surface area contributed by atoms with Gasteiger partial charge >= 0.3 is 0 Å². The summed E-state index contributed by atoms with van der Waals surface area (Å²) in [7, 11) is 1.74. The summed E-state index contributed by atoms with van der Waals surface area (Å²) in [6.07, 6.45) is -1.19. The van der Waals surface area contributed by atoms with Crippen molar-refractivity contribution in [3.63, 3.8) is 0 Å². The largest absolute Gasteiger partial charge is 0.356 e. The van der Waals surface area contributed by atoms with Gasteiger partial charge in [-0.15, -0.1) is 0 Å². The van der Waals surface area contributed by atoms with E-state index in [0.29, 0.717) is 16.4 Å². The predicted octanol–water partition coefficient (Wildman–Crippen LogP) is 4.68. The lowest BCUT2D eigenvalue weighted by Gasteiger charge is -2.27. The maximum absolute atomic E-state index is 13.1. The molecule has 0 fully saturated rings. The number of carbonyl (C=O) groups is 1. The molecule has 1 amide bonds. The van der Waals surface area contributed by atoms with E-state index in [-0.39, 0.29) is 16.8 Å². The zero-order chi connectivity index (χ0) is 22.1. The van der Waals surface area contributed by atoms with Crippen molar-refractivity contribution >= 4 is 58.0 Å². The minimum atomic E-state index is -1.94. The summed E-state index contributed by atoms with van der Waals surface area (Å²) in [5, 5.41) is 5.89. The molecule has 6 nitrogen and oxygen atoms in total. The topological polar surface area (TPSA) is 68.1 Å². The molecule has 2 N–H and O–H groups in total. The van der Waals surface area contributed by atoms with Gasteiger partial charge in [-0.05, 0) is 37.3 Å². The number of hydrogen-bond donors (Lipinski definition) is 2. The number of halogens is 4. The van der Waals surface area contributed by atoms with E-state index >= 15 is 0 Å². The highest BCUT2D eigenvalue weighted by molar-refractivity contribution is 6.68. The highest BCUT2D eigenvalue weighted by Crippen LogP contribution is 2.31. The van der Waals surface area contributed by atoms with Crippen LogP contribution in [-0.2, 0) is 7.05 Å². The number of aromatic nitrogens is 2. The fraction of sp³-hybridized carbons (Fsp3) is 0.200. The number of para-hydroxylation sites is 1. The van der Waals surface area contributed by atoms with Crippen LogP contribution in [0.2, 0.25) is 5.02 Å². The predicted molar refractivity (Wildman–Crippen MR) is 122 cm³/mol. The Bertz CT molecular complexity index is 1120. The van der Waals surface area contributed by atoms with Gasteiger partial charge < -0.3 is 10.6 Å². The van der Waals surface area contributed by atoms with E-state index < -0.39 is 15.9 Å². The van der Waals surface area contributed by atoms with Crippen LogP contribution in [0.5, 0.6) is 0 Å². The molecule has 0 radical (unpaired) electrons. The lowest BCUT2D eigenvalue weighted by Crippen LogP contribution is -2.49. The first-order valence-corrected chi connectivity index (χ1v) is 10.3. The maximum Gasteiger partial charge on any atom is 0.295 e. The SMILES string of the molecule is Cc1c(N[C@@H](NC(=O)c2cccc(Cl)c2)C(Cl)(Cl)Cl)c(=O)n(-c2ccccc2)n1C. The van der Waals surface area contributed by atoms with Crippen molar-refractivity contribution in [2.24, 2.45) is 7.05 Å². The van der Waals surface area contributed by atoms with Gasteiger partial charge in [-0.2, -0.15) is 0 Å². The molecule has 0 bridgehead atoms. The second-order valence-electron chi connectivity index (χ2n) is 6.54. The summed E-state index contributed by atoms with van der Waals surface area (Å²) >= 11 is 24.2. The van der Waals surface area contributed by atoms with E-state index in [2.05, 4.69) is 10.6 Å². The highest BCUT2D eigenvalue weighted by atomic mass is 35.6. The lowest BCUT2D eigenvalue weighted by atomic mass is 10.2. The van der Waals surface area contributed by atoms with Gasteiger partial charge in [-0.25, -0.2) is 4.68 Å². The highest BCUT2D eigenvalue weighted by Gasteiger charge is 2.36. The number of amides is 1. The van der Waals surface area contributed by atoms with Crippen molar-refractivity contribution in [1.82, 2.24) is 14.7 Å². The Hall–Kier alpha value is -2.12. The zero-order valence-electron chi connectivity index (χ0n) is 16.0. The molecule has 1 atom stereocenters. The monoisotopic (exact) mass is 486 g/mol. The minimum absolute atomic E-state index is 0.198. The average Bonchev–Trinajstić information content (AvgIpc) is 2.90. The number of alkyl halides is 3. The fourth-order valence-electron chi connectivity index (χ4n) is 2.92. The molecule has 2 aromatic carbocycles. The molecule has 30 heavy (non-hydrogen) atoms. The third-order valence-electron chi connectivity index (χ3n) is 4.53. The summed E-state index contributed by atoms with van der Waals surface area (Å²) in [6.45, 7) is 1.75. The summed E-state index contributed by atoms with van der Waals surface area (Å²) < 4.78 is 1.21. The number of anilines is 1. The molecule has 0 aliphatic heterocycles. The standard InChI is InChI=1S/C20H18Cl4N4O2/c1-12-16(18(30)28(27(12)2)15-9-4-3-5-10-15)25-19(20(22,23)24)26-17(29)13-7-6-8-14(21)11-13/h3-11,19,25H,1-2H3,(H,26,29)/t19-/m0/s1. The van der Waals surface area contributed by atoms with Crippen molar-refractivity contribution in [3.05, 3.63) is 81.2 Å². The summed E-state index contributed by atoms with van der Waals surface area (Å²) in [5.41, 5.74) is 1.41. The van der Waals surface area contributed by atoms with E-state index in [9.17, 15) is 9.59 Å². The van der Waals surface area contributed by atoms with Crippen molar-refractivity contribution in [2.75, 3.05) is 5.32 Å². The van der Waals surface area contributed by atoms with E-state index in [0.717, 1.165) is 0 Å². The Kier molecular flexibility index (Phi) is 6.72. The third-order valence-corrected chi connectivity index (χ3v) is 5.42. The van der Waals surface area contributed by atoms with Gasteiger partial charge in [0.1, 0.15) is 11.9 Å². The number of benzene rings is 2. The van der Waals surface area contributed by atoms with Crippen LogP contribution >= 0.6 is 46.4 Å². The van der Waals surface area contributed by atoms with Crippen LogP contribution in [0.3, 0.4) is 0 Å². The van der Waals surface area contributed by atoms with Crippen LogP contribution < -0.4 is 16.2 Å². The van der Waals surface area contributed by atoms with Gasteiger partial charge in [0.25, 0.3) is 11.5 Å². The molecule has 3 aromatic rings. The minimum Gasteiger partial charge on any atom is -0.356 e.